The molecular weight excluding hydrogens is 206 g/mol. The van der Waals surface area contributed by atoms with Crippen LogP contribution in [0.2, 0.25) is 0 Å². The van der Waals surface area contributed by atoms with Gasteiger partial charge in [0.2, 0.25) is 0 Å². The fourth-order valence-electron chi connectivity index (χ4n) is 2.41. The summed E-state index contributed by atoms with van der Waals surface area (Å²) in [4.78, 5) is 0. The predicted octanol–water partition coefficient (Wildman–Crippen LogP) is 2.46. The molecule has 0 spiro atoms. The van der Waals surface area contributed by atoms with E-state index in [0.717, 1.165) is 13.0 Å². The summed E-state index contributed by atoms with van der Waals surface area (Å²) >= 11 is 0. The third-order valence-electron chi connectivity index (χ3n) is 3.29. The number of rotatable bonds is 4. The van der Waals surface area contributed by atoms with Crippen molar-refractivity contribution in [2.75, 3.05) is 12.8 Å². The quantitative estimate of drug-likeness (QED) is 0.805. The van der Waals surface area contributed by atoms with Gasteiger partial charge in [-0.25, -0.2) is 0 Å². The van der Waals surface area contributed by atoms with E-state index in [1.165, 1.54) is 38.5 Å². The second-order valence-corrected chi connectivity index (χ2v) is 6.19. The highest BCUT2D eigenvalue weighted by atomic mass is 32.2. The Morgan fingerprint density at radius 2 is 1.87 bits per heavy atom. The summed E-state index contributed by atoms with van der Waals surface area (Å²) in [5.74, 6) is 0. The van der Waals surface area contributed by atoms with Crippen molar-refractivity contribution in [3.05, 3.63) is 0 Å². The van der Waals surface area contributed by atoms with Crippen molar-refractivity contribution in [1.82, 2.24) is 5.32 Å². The summed E-state index contributed by atoms with van der Waals surface area (Å²) in [5, 5.41) is 3.96. The molecule has 0 aliphatic heterocycles. The molecule has 1 aliphatic carbocycles. The van der Waals surface area contributed by atoms with Gasteiger partial charge in [-0.15, -0.1) is 0 Å². The van der Waals surface area contributed by atoms with Crippen LogP contribution in [0.5, 0.6) is 0 Å². The second-order valence-electron chi connectivity index (χ2n) is 4.59. The molecule has 0 bridgehead atoms. The Morgan fingerprint density at radius 3 is 2.47 bits per heavy atom. The Kier molecular flexibility index (Phi) is 6.50. The molecule has 1 N–H and O–H groups in total. The average molecular weight is 231 g/mol. The van der Waals surface area contributed by atoms with Crippen LogP contribution in [-0.4, -0.2) is 28.3 Å². The van der Waals surface area contributed by atoms with Crippen LogP contribution in [0.15, 0.2) is 0 Å². The van der Waals surface area contributed by atoms with E-state index in [2.05, 4.69) is 12.2 Å². The fourth-order valence-corrected chi connectivity index (χ4v) is 3.60. The molecule has 0 amide bonds. The summed E-state index contributed by atoms with van der Waals surface area (Å²) in [7, 11) is -0.667. The summed E-state index contributed by atoms with van der Waals surface area (Å²) in [6.45, 7) is 3.26. The van der Waals surface area contributed by atoms with E-state index < -0.39 is 10.8 Å². The van der Waals surface area contributed by atoms with Crippen LogP contribution in [0, 0.1) is 0 Å². The standard InChI is InChI=1S/C12H25NOS/c1-3-10-13-11-8-6-4-5-7-9-12(11)15(2)14/h11-13H,3-10H2,1-2H3. The molecular formula is C12H25NOS. The lowest BCUT2D eigenvalue weighted by molar-refractivity contribution is 0.395. The molecule has 0 aromatic heterocycles. The van der Waals surface area contributed by atoms with E-state index >= 15 is 0 Å². The van der Waals surface area contributed by atoms with Crippen LogP contribution >= 0.6 is 0 Å². The molecule has 0 radical (unpaired) electrons. The Morgan fingerprint density at radius 1 is 1.20 bits per heavy atom. The Labute approximate surface area is 96.7 Å². The van der Waals surface area contributed by atoms with E-state index in [4.69, 9.17) is 0 Å². The summed E-state index contributed by atoms with van der Waals surface area (Å²) in [6, 6.07) is 0.496. The van der Waals surface area contributed by atoms with Gasteiger partial charge in [-0.3, -0.25) is 4.21 Å². The van der Waals surface area contributed by atoms with Gasteiger partial charge in [0.1, 0.15) is 0 Å². The van der Waals surface area contributed by atoms with Crippen LogP contribution in [0.3, 0.4) is 0 Å². The molecule has 1 rings (SSSR count). The molecule has 0 aromatic carbocycles. The summed E-state index contributed by atoms with van der Waals surface area (Å²) in [5.41, 5.74) is 0. The highest BCUT2D eigenvalue weighted by molar-refractivity contribution is 7.85. The third-order valence-corrected chi connectivity index (χ3v) is 4.70. The maximum atomic E-state index is 11.7. The van der Waals surface area contributed by atoms with E-state index in [0.29, 0.717) is 11.3 Å². The topological polar surface area (TPSA) is 29.1 Å². The first-order valence-corrected chi connectivity index (χ1v) is 7.93. The molecule has 15 heavy (non-hydrogen) atoms. The number of nitrogens with one attached hydrogen (secondary N) is 1. The second kappa shape index (κ2) is 7.39. The molecule has 3 heteroatoms. The van der Waals surface area contributed by atoms with Gasteiger partial charge < -0.3 is 5.32 Å². The Balaban J connectivity index is 2.52. The van der Waals surface area contributed by atoms with Gasteiger partial charge >= 0.3 is 0 Å². The van der Waals surface area contributed by atoms with Crippen molar-refractivity contribution >= 4 is 10.8 Å². The van der Waals surface area contributed by atoms with Crippen LogP contribution in [0.4, 0.5) is 0 Å². The van der Waals surface area contributed by atoms with Gasteiger partial charge in [0, 0.05) is 28.3 Å². The first kappa shape index (κ1) is 13.2. The normalized spacial score (nSPS) is 30.5. The highest BCUT2D eigenvalue weighted by Gasteiger charge is 2.24. The van der Waals surface area contributed by atoms with Crippen molar-refractivity contribution in [3.8, 4) is 0 Å². The van der Waals surface area contributed by atoms with Crippen molar-refractivity contribution in [3.63, 3.8) is 0 Å². The Bertz CT molecular complexity index is 194. The zero-order valence-electron chi connectivity index (χ0n) is 10.1. The van der Waals surface area contributed by atoms with Crippen molar-refractivity contribution in [2.45, 2.75) is 63.2 Å². The van der Waals surface area contributed by atoms with Gasteiger partial charge in [-0.2, -0.15) is 0 Å². The molecule has 3 atom stereocenters. The summed E-state index contributed by atoms with van der Waals surface area (Å²) in [6.07, 6.45) is 10.6. The molecule has 1 saturated carbocycles. The van der Waals surface area contributed by atoms with E-state index in [9.17, 15) is 4.21 Å². The number of hydrogen-bond acceptors (Lipinski definition) is 2. The SMILES string of the molecule is CCCNC1CCCCCCC1S(C)=O. The van der Waals surface area contributed by atoms with E-state index in [-0.39, 0.29) is 0 Å². The first-order chi connectivity index (χ1) is 7.25. The minimum Gasteiger partial charge on any atom is -0.313 e. The van der Waals surface area contributed by atoms with E-state index in [1.807, 2.05) is 6.26 Å². The Hall–Kier alpha value is 0.110. The fraction of sp³-hybridized carbons (Fsp3) is 1.00. The van der Waals surface area contributed by atoms with Crippen LogP contribution in [-0.2, 0) is 10.8 Å². The minimum atomic E-state index is -0.667. The smallest absolute Gasteiger partial charge is 0.0498 e. The van der Waals surface area contributed by atoms with Crippen molar-refractivity contribution < 1.29 is 4.21 Å². The van der Waals surface area contributed by atoms with Gasteiger partial charge in [-0.1, -0.05) is 32.6 Å². The lowest BCUT2D eigenvalue weighted by atomic mass is 9.96. The highest BCUT2D eigenvalue weighted by Crippen LogP contribution is 2.21. The maximum Gasteiger partial charge on any atom is 0.0498 e. The first-order valence-electron chi connectivity index (χ1n) is 6.31. The van der Waals surface area contributed by atoms with Gasteiger partial charge in [0.05, 0.1) is 0 Å². The molecule has 0 aromatic rings. The zero-order chi connectivity index (χ0) is 11.1. The molecule has 90 valence electrons. The molecule has 1 aliphatic rings. The number of hydrogen-bond donors (Lipinski definition) is 1. The molecule has 1 fully saturated rings. The zero-order valence-corrected chi connectivity index (χ0v) is 10.9. The summed E-state index contributed by atoms with van der Waals surface area (Å²) < 4.78 is 11.7. The van der Waals surface area contributed by atoms with Crippen LogP contribution in [0.25, 0.3) is 0 Å². The minimum absolute atomic E-state index is 0.386. The van der Waals surface area contributed by atoms with Gasteiger partial charge in [0.25, 0.3) is 0 Å². The van der Waals surface area contributed by atoms with E-state index in [1.54, 1.807) is 0 Å². The monoisotopic (exact) mass is 231 g/mol. The van der Waals surface area contributed by atoms with Crippen LogP contribution in [0.1, 0.15) is 51.9 Å². The predicted molar refractivity (Wildman–Crippen MR) is 67.6 cm³/mol. The van der Waals surface area contributed by atoms with Gasteiger partial charge in [0.15, 0.2) is 0 Å². The third kappa shape index (κ3) is 4.64. The molecule has 0 heterocycles. The maximum absolute atomic E-state index is 11.7. The molecule has 3 unspecified atom stereocenters. The lowest BCUT2D eigenvalue weighted by Gasteiger charge is -2.28. The van der Waals surface area contributed by atoms with Crippen LogP contribution < -0.4 is 5.32 Å². The van der Waals surface area contributed by atoms with Crippen molar-refractivity contribution in [2.24, 2.45) is 0 Å². The lowest BCUT2D eigenvalue weighted by Crippen LogP contribution is -2.42. The molecule has 0 saturated heterocycles. The molecule has 2 nitrogen and oxygen atoms in total. The van der Waals surface area contributed by atoms with Gasteiger partial charge in [-0.05, 0) is 25.8 Å². The average Bonchev–Trinajstić information content (AvgIpc) is 2.15. The van der Waals surface area contributed by atoms with Crippen molar-refractivity contribution in [1.29, 1.82) is 0 Å². The largest absolute Gasteiger partial charge is 0.313 e.